The Kier molecular flexibility index (Phi) is 4.93. The number of amides is 2. The van der Waals surface area contributed by atoms with E-state index < -0.39 is 5.41 Å². The monoisotopic (exact) mass is 276 g/mol. The molecule has 0 saturated carbocycles. The maximum atomic E-state index is 12.0. The predicted molar refractivity (Wildman–Crippen MR) is 81.6 cm³/mol. The van der Waals surface area contributed by atoms with Crippen molar-refractivity contribution in [2.24, 2.45) is 5.41 Å². The van der Waals surface area contributed by atoms with Crippen molar-refractivity contribution in [1.29, 1.82) is 0 Å². The molecule has 0 heterocycles. The van der Waals surface area contributed by atoms with Gasteiger partial charge >= 0.3 is 0 Å². The number of rotatable bonds is 3. The third kappa shape index (κ3) is 4.37. The zero-order chi connectivity index (χ0) is 15.5. The molecule has 0 radical (unpaired) electrons. The second-order valence-electron chi connectivity index (χ2n) is 6.28. The van der Waals surface area contributed by atoms with Crippen molar-refractivity contribution in [3.63, 3.8) is 0 Å². The van der Waals surface area contributed by atoms with Gasteiger partial charge in [0, 0.05) is 18.2 Å². The molecule has 0 aliphatic carbocycles. The summed E-state index contributed by atoms with van der Waals surface area (Å²) < 4.78 is 0. The molecule has 0 aliphatic heterocycles. The molecule has 0 bridgehead atoms. The number of aryl methyl sites for hydroxylation is 2. The van der Waals surface area contributed by atoms with Gasteiger partial charge in [-0.1, -0.05) is 32.9 Å². The van der Waals surface area contributed by atoms with Gasteiger partial charge in [-0.3, -0.25) is 9.59 Å². The second kappa shape index (κ2) is 6.07. The van der Waals surface area contributed by atoms with Crippen LogP contribution in [0.4, 0.5) is 5.69 Å². The normalized spacial score (nSPS) is 11.1. The lowest BCUT2D eigenvalue weighted by Gasteiger charge is -2.25. The Morgan fingerprint density at radius 3 is 2.35 bits per heavy atom. The van der Waals surface area contributed by atoms with E-state index in [1.54, 1.807) is 7.05 Å². The van der Waals surface area contributed by atoms with Gasteiger partial charge in [-0.15, -0.1) is 0 Å². The Morgan fingerprint density at radius 1 is 1.20 bits per heavy atom. The summed E-state index contributed by atoms with van der Waals surface area (Å²) in [5, 5.41) is 2.86. The fourth-order valence-corrected chi connectivity index (χ4v) is 1.92. The average molecular weight is 276 g/mol. The first-order valence-electron chi connectivity index (χ1n) is 6.74. The molecular formula is C16H24N2O2. The lowest BCUT2D eigenvalue weighted by molar-refractivity contribution is -0.140. The van der Waals surface area contributed by atoms with E-state index >= 15 is 0 Å². The van der Waals surface area contributed by atoms with Gasteiger partial charge in [0.1, 0.15) is 0 Å². The van der Waals surface area contributed by atoms with E-state index in [2.05, 4.69) is 5.32 Å². The molecule has 1 aromatic rings. The number of carbonyl (C=O) groups is 2. The number of hydrogen-bond acceptors (Lipinski definition) is 2. The highest BCUT2D eigenvalue weighted by molar-refractivity contribution is 5.95. The summed E-state index contributed by atoms with van der Waals surface area (Å²) in [5.41, 5.74) is 2.42. The van der Waals surface area contributed by atoms with Gasteiger partial charge in [0.15, 0.2) is 0 Å². The number of hydrogen-bond donors (Lipinski definition) is 1. The van der Waals surface area contributed by atoms with E-state index in [0.29, 0.717) is 0 Å². The lowest BCUT2D eigenvalue weighted by Crippen LogP contribution is -2.41. The van der Waals surface area contributed by atoms with Crippen LogP contribution in [-0.2, 0) is 9.59 Å². The Bertz CT molecular complexity index is 516. The van der Waals surface area contributed by atoms with Gasteiger partial charge in [-0.05, 0) is 31.0 Å². The van der Waals surface area contributed by atoms with Gasteiger partial charge < -0.3 is 10.2 Å². The highest BCUT2D eigenvalue weighted by Crippen LogP contribution is 2.18. The average Bonchev–Trinajstić information content (AvgIpc) is 2.31. The van der Waals surface area contributed by atoms with Gasteiger partial charge in [-0.25, -0.2) is 0 Å². The third-order valence-corrected chi connectivity index (χ3v) is 3.04. The molecule has 0 saturated heterocycles. The molecule has 110 valence electrons. The Morgan fingerprint density at radius 2 is 1.80 bits per heavy atom. The van der Waals surface area contributed by atoms with Crippen LogP contribution in [0, 0.1) is 19.3 Å². The van der Waals surface area contributed by atoms with Crippen molar-refractivity contribution in [2.75, 3.05) is 18.9 Å². The minimum Gasteiger partial charge on any atom is -0.336 e. The van der Waals surface area contributed by atoms with Crippen LogP contribution in [0.15, 0.2) is 18.2 Å². The number of benzene rings is 1. The van der Waals surface area contributed by atoms with Gasteiger partial charge in [-0.2, -0.15) is 0 Å². The fraction of sp³-hybridized carbons (Fsp3) is 0.500. The summed E-state index contributed by atoms with van der Waals surface area (Å²) in [4.78, 5) is 25.5. The zero-order valence-electron chi connectivity index (χ0n) is 13.2. The van der Waals surface area contributed by atoms with E-state index in [1.807, 2.05) is 52.8 Å². The molecule has 1 N–H and O–H groups in total. The van der Waals surface area contributed by atoms with Crippen LogP contribution in [-0.4, -0.2) is 30.3 Å². The number of likely N-dealkylation sites (N-methyl/N-ethyl adjacent to an activating group) is 1. The van der Waals surface area contributed by atoms with Crippen LogP contribution in [0.25, 0.3) is 0 Å². The quantitative estimate of drug-likeness (QED) is 0.923. The SMILES string of the molecule is Cc1ccc(C)c(NC(=O)CN(C)C(=O)C(C)(C)C)c1. The summed E-state index contributed by atoms with van der Waals surface area (Å²) in [6.07, 6.45) is 0. The highest BCUT2D eigenvalue weighted by atomic mass is 16.2. The number of anilines is 1. The van der Waals surface area contributed by atoms with E-state index in [-0.39, 0.29) is 18.4 Å². The molecule has 0 spiro atoms. The molecule has 0 aromatic heterocycles. The number of carbonyl (C=O) groups excluding carboxylic acids is 2. The van der Waals surface area contributed by atoms with Gasteiger partial charge in [0.05, 0.1) is 6.54 Å². The van der Waals surface area contributed by atoms with Crippen molar-refractivity contribution in [1.82, 2.24) is 4.90 Å². The van der Waals surface area contributed by atoms with Crippen molar-refractivity contribution >= 4 is 17.5 Å². The van der Waals surface area contributed by atoms with Crippen LogP contribution in [0.5, 0.6) is 0 Å². The molecule has 4 nitrogen and oxygen atoms in total. The largest absolute Gasteiger partial charge is 0.336 e. The second-order valence-corrected chi connectivity index (χ2v) is 6.28. The molecule has 0 aliphatic rings. The summed E-state index contributed by atoms with van der Waals surface area (Å²) in [6, 6.07) is 5.90. The van der Waals surface area contributed by atoms with Gasteiger partial charge in [0.25, 0.3) is 0 Å². The number of nitrogens with one attached hydrogen (secondary N) is 1. The smallest absolute Gasteiger partial charge is 0.243 e. The van der Waals surface area contributed by atoms with Crippen LogP contribution in [0.2, 0.25) is 0 Å². The van der Waals surface area contributed by atoms with E-state index in [9.17, 15) is 9.59 Å². The summed E-state index contributed by atoms with van der Waals surface area (Å²) in [6.45, 7) is 9.50. The molecule has 0 fully saturated rings. The van der Waals surface area contributed by atoms with Crippen LogP contribution >= 0.6 is 0 Å². The minimum absolute atomic E-state index is 0.0476. The molecular weight excluding hydrogens is 252 g/mol. The standard InChI is InChI=1S/C16H24N2O2/c1-11-7-8-12(2)13(9-11)17-14(19)10-18(6)15(20)16(3,4)5/h7-9H,10H2,1-6H3,(H,17,19). The van der Waals surface area contributed by atoms with Crippen molar-refractivity contribution in [3.05, 3.63) is 29.3 Å². The van der Waals surface area contributed by atoms with Crippen LogP contribution in [0.1, 0.15) is 31.9 Å². The Balaban J connectivity index is 2.69. The minimum atomic E-state index is -0.478. The third-order valence-electron chi connectivity index (χ3n) is 3.04. The maximum Gasteiger partial charge on any atom is 0.243 e. The van der Waals surface area contributed by atoms with E-state index in [0.717, 1.165) is 16.8 Å². The maximum absolute atomic E-state index is 12.0. The summed E-state index contributed by atoms with van der Waals surface area (Å²) in [5.74, 6) is -0.229. The molecule has 4 heteroatoms. The fourth-order valence-electron chi connectivity index (χ4n) is 1.92. The molecule has 0 unspecified atom stereocenters. The molecule has 1 rings (SSSR count). The Labute approximate surface area is 121 Å². The molecule has 2 amide bonds. The lowest BCUT2D eigenvalue weighted by atomic mass is 9.95. The zero-order valence-corrected chi connectivity index (χ0v) is 13.2. The van der Waals surface area contributed by atoms with E-state index in [4.69, 9.17) is 0 Å². The molecule has 1 aromatic carbocycles. The molecule has 20 heavy (non-hydrogen) atoms. The first-order chi connectivity index (χ1) is 9.11. The number of nitrogens with zero attached hydrogens (tertiary/aromatic N) is 1. The molecule has 0 atom stereocenters. The summed E-state index contributed by atoms with van der Waals surface area (Å²) >= 11 is 0. The van der Waals surface area contributed by atoms with Crippen molar-refractivity contribution in [2.45, 2.75) is 34.6 Å². The topological polar surface area (TPSA) is 49.4 Å². The summed E-state index contributed by atoms with van der Waals surface area (Å²) in [7, 11) is 1.65. The van der Waals surface area contributed by atoms with Crippen molar-refractivity contribution < 1.29 is 9.59 Å². The predicted octanol–water partition coefficient (Wildman–Crippen LogP) is 2.75. The highest BCUT2D eigenvalue weighted by Gasteiger charge is 2.26. The van der Waals surface area contributed by atoms with Crippen LogP contribution in [0.3, 0.4) is 0 Å². The van der Waals surface area contributed by atoms with Crippen LogP contribution < -0.4 is 5.32 Å². The Hall–Kier alpha value is -1.84. The first-order valence-corrected chi connectivity index (χ1v) is 6.74. The van der Waals surface area contributed by atoms with E-state index in [1.165, 1.54) is 4.90 Å². The van der Waals surface area contributed by atoms with Crippen molar-refractivity contribution in [3.8, 4) is 0 Å². The first kappa shape index (κ1) is 16.2. The van der Waals surface area contributed by atoms with Gasteiger partial charge in [0.2, 0.25) is 11.8 Å².